The van der Waals surface area contributed by atoms with Crippen LogP contribution in [0.5, 0.6) is 0 Å². The summed E-state index contributed by atoms with van der Waals surface area (Å²) in [6.45, 7) is 1.76. The number of ketones is 1. The smallest absolute Gasteiger partial charge is 0.307 e. The quantitative estimate of drug-likeness (QED) is 0.555. The van der Waals surface area contributed by atoms with Gasteiger partial charge in [0.1, 0.15) is 0 Å². The third-order valence-electron chi connectivity index (χ3n) is 1.18. The predicted molar refractivity (Wildman–Crippen MR) is 45.0 cm³/mol. The minimum absolute atomic E-state index is 0.168. The largest absolute Gasteiger partial charge is 0.466 e. The van der Waals surface area contributed by atoms with Crippen LogP contribution >= 0.6 is 15.9 Å². The zero-order valence-corrected chi connectivity index (χ0v) is 8.51. The zero-order chi connectivity index (χ0) is 10.4. The molecular weight excluding hydrogens is 250 g/mol. The van der Waals surface area contributed by atoms with Crippen molar-refractivity contribution in [2.75, 3.05) is 6.61 Å². The van der Waals surface area contributed by atoms with Crippen LogP contribution in [-0.4, -0.2) is 29.6 Å². The molecule has 0 rings (SSSR count). The molecule has 0 aromatic heterocycles. The van der Waals surface area contributed by atoms with E-state index < -0.39 is 23.0 Å². The first-order valence-corrected chi connectivity index (χ1v) is 4.52. The summed E-state index contributed by atoms with van der Waals surface area (Å²) in [4.78, 5) is 20.1. The lowest BCUT2D eigenvalue weighted by atomic mass is 10.2. The Labute approximate surface area is 82.6 Å². The van der Waals surface area contributed by atoms with Crippen LogP contribution < -0.4 is 0 Å². The van der Waals surface area contributed by atoms with E-state index in [2.05, 4.69) is 20.7 Å². The van der Waals surface area contributed by atoms with Crippen LogP contribution in [0.1, 0.15) is 13.3 Å². The summed E-state index contributed by atoms with van der Waals surface area (Å²) in [6.07, 6.45) is -3.42. The van der Waals surface area contributed by atoms with E-state index in [1.54, 1.807) is 6.92 Å². The summed E-state index contributed by atoms with van der Waals surface area (Å²) in [7, 11) is 0. The summed E-state index contributed by atoms with van der Waals surface area (Å²) >= 11 is 2.68. The maximum Gasteiger partial charge on any atom is 0.307 e. The number of alkyl halides is 3. The molecule has 0 bridgehead atoms. The fourth-order valence-corrected chi connectivity index (χ4v) is 1.07. The summed E-state index contributed by atoms with van der Waals surface area (Å²) in [5.41, 5.74) is 0. The van der Waals surface area contributed by atoms with Crippen molar-refractivity contribution in [1.82, 2.24) is 0 Å². The summed E-state index contributed by atoms with van der Waals surface area (Å²) in [5.74, 6) is -1.97. The van der Waals surface area contributed by atoms with E-state index in [1.165, 1.54) is 0 Å². The number of Topliss-reactive ketones (excluding diaryl/α,β-unsaturated/α-hetero) is 1. The Hall–Kier alpha value is -0.520. The van der Waals surface area contributed by atoms with Gasteiger partial charge in [0.2, 0.25) is 5.78 Å². The number of halogens is 3. The maximum atomic E-state index is 11.8. The van der Waals surface area contributed by atoms with Crippen LogP contribution in [-0.2, 0) is 14.3 Å². The molecule has 0 aliphatic heterocycles. The SMILES string of the molecule is CCOC(=O)CC(Br)C(=O)C(F)F. The number of carbonyl (C=O) groups excluding carboxylic acids is 2. The second-order valence-corrected chi connectivity index (χ2v) is 3.29. The summed E-state index contributed by atoms with van der Waals surface area (Å²) < 4.78 is 28.0. The standard InChI is InChI=1S/C7H9BrF2O3/c1-2-13-5(11)3-4(8)6(12)7(9)10/h4,7H,2-3H2,1H3. The second-order valence-electron chi connectivity index (χ2n) is 2.18. The van der Waals surface area contributed by atoms with Crippen LogP contribution in [0.2, 0.25) is 0 Å². The van der Waals surface area contributed by atoms with E-state index in [4.69, 9.17) is 0 Å². The molecule has 0 fully saturated rings. The highest BCUT2D eigenvalue weighted by Crippen LogP contribution is 2.12. The molecule has 13 heavy (non-hydrogen) atoms. The Kier molecular flexibility index (Phi) is 5.77. The molecule has 0 aliphatic carbocycles. The maximum absolute atomic E-state index is 11.8. The molecule has 0 saturated carbocycles. The van der Waals surface area contributed by atoms with Crippen molar-refractivity contribution in [2.45, 2.75) is 24.6 Å². The molecule has 0 amide bonds. The van der Waals surface area contributed by atoms with Gasteiger partial charge >= 0.3 is 5.97 Å². The molecule has 0 heterocycles. The molecule has 0 aliphatic rings. The minimum Gasteiger partial charge on any atom is -0.466 e. The lowest BCUT2D eigenvalue weighted by molar-refractivity contribution is -0.144. The van der Waals surface area contributed by atoms with Gasteiger partial charge in [-0.15, -0.1) is 0 Å². The molecule has 6 heteroatoms. The Morgan fingerprint density at radius 2 is 2.00 bits per heavy atom. The van der Waals surface area contributed by atoms with E-state index in [0.29, 0.717) is 0 Å². The highest BCUT2D eigenvalue weighted by atomic mass is 79.9. The number of hydrogen-bond acceptors (Lipinski definition) is 3. The van der Waals surface area contributed by atoms with Crippen molar-refractivity contribution in [1.29, 1.82) is 0 Å². The van der Waals surface area contributed by atoms with Gasteiger partial charge < -0.3 is 4.74 Å². The molecule has 1 unspecified atom stereocenters. The van der Waals surface area contributed by atoms with Gasteiger partial charge in [0.15, 0.2) is 0 Å². The third kappa shape index (κ3) is 4.92. The predicted octanol–water partition coefficient (Wildman–Crippen LogP) is 1.54. The van der Waals surface area contributed by atoms with Crippen LogP contribution in [0.4, 0.5) is 8.78 Å². The highest BCUT2D eigenvalue weighted by molar-refractivity contribution is 9.10. The average molecular weight is 259 g/mol. The monoisotopic (exact) mass is 258 g/mol. The number of esters is 1. The lowest BCUT2D eigenvalue weighted by Crippen LogP contribution is -2.25. The van der Waals surface area contributed by atoms with Gasteiger partial charge in [-0.1, -0.05) is 15.9 Å². The molecule has 0 radical (unpaired) electrons. The number of rotatable bonds is 5. The Balaban J connectivity index is 3.92. The van der Waals surface area contributed by atoms with Crippen molar-refractivity contribution in [3.05, 3.63) is 0 Å². The second kappa shape index (κ2) is 6.01. The molecular formula is C7H9BrF2O3. The van der Waals surface area contributed by atoms with Crippen molar-refractivity contribution in [2.24, 2.45) is 0 Å². The van der Waals surface area contributed by atoms with Gasteiger partial charge in [0.25, 0.3) is 6.43 Å². The van der Waals surface area contributed by atoms with E-state index in [9.17, 15) is 18.4 Å². The zero-order valence-electron chi connectivity index (χ0n) is 6.93. The molecule has 0 saturated heterocycles. The van der Waals surface area contributed by atoms with Gasteiger partial charge in [-0.05, 0) is 6.92 Å². The van der Waals surface area contributed by atoms with Crippen LogP contribution in [0, 0.1) is 0 Å². The van der Waals surface area contributed by atoms with E-state index in [-0.39, 0.29) is 13.0 Å². The first-order valence-electron chi connectivity index (χ1n) is 3.60. The van der Waals surface area contributed by atoms with Gasteiger partial charge in [-0.2, -0.15) is 0 Å². The van der Waals surface area contributed by atoms with Crippen LogP contribution in [0.25, 0.3) is 0 Å². The first-order chi connectivity index (χ1) is 5.99. The van der Waals surface area contributed by atoms with Crippen molar-refractivity contribution < 1.29 is 23.1 Å². The summed E-state index contributed by atoms with van der Waals surface area (Å²) in [5, 5.41) is 0. The number of hydrogen-bond donors (Lipinski definition) is 0. The van der Waals surface area contributed by atoms with Crippen molar-refractivity contribution >= 4 is 27.7 Å². The first kappa shape index (κ1) is 12.5. The van der Waals surface area contributed by atoms with Gasteiger partial charge in [-0.25, -0.2) is 8.78 Å². The normalized spacial score (nSPS) is 12.7. The molecule has 0 aromatic carbocycles. The van der Waals surface area contributed by atoms with Crippen LogP contribution in [0.15, 0.2) is 0 Å². The Bertz CT molecular complexity index is 196. The van der Waals surface area contributed by atoms with Crippen LogP contribution in [0.3, 0.4) is 0 Å². The average Bonchev–Trinajstić information content (AvgIpc) is 2.03. The van der Waals surface area contributed by atoms with Crippen molar-refractivity contribution in [3.8, 4) is 0 Å². The van der Waals surface area contributed by atoms with E-state index in [0.717, 1.165) is 0 Å². The summed E-state index contributed by atoms with van der Waals surface area (Å²) in [6, 6.07) is 0. The van der Waals surface area contributed by atoms with Gasteiger partial charge in [0.05, 0.1) is 17.9 Å². The fourth-order valence-electron chi connectivity index (χ4n) is 0.604. The lowest BCUT2D eigenvalue weighted by Gasteiger charge is -2.06. The molecule has 76 valence electrons. The van der Waals surface area contributed by atoms with E-state index in [1.807, 2.05) is 0 Å². The van der Waals surface area contributed by atoms with Crippen molar-refractivity contribution in [3.63, 3.8) is 0 Å². The number of ether oxygens (including phenoxy) is 1. The Morgan fingerprint density at radius 1 is 1.46 bits per heavy atom. The topological polar surface area (TPSA) is 43.4 Å². The third-order valence-corrected chi connectivity index (χ3v) is 1.95. The highest BCUT2D eigenvalue weighted by Gasteiger charge is 2.26. The molecule has 0 spiro atoms. The fraction of sp³-hybridized carbons (Fsp3) is 0.714. The molecule has 3 nitrogen and oxygen atoms in total. The van der Waals surface area contributed by atoms with E-state index >= 15 is 0 Å². The molecule has 1 atom stereocenters. The molecule has 0 N–H and O–H groups in total. The van der Waals surface area contributed by atoms with Gasteiger partial charge in [-0.3, -0.25) is 9.59 Å². The number of carbonyl (C=O) groups is 2. The molecule has 0 aromatic rings. The minimum atomic E-state index is -3.06. The Morgan fingerprint density at radius 3 is 2.38 bits per heavy atom. The van der Waals surface area contributed by atoms with Gasteiger partial charge in [0, 0.05) is 0 Å².